The molecule has 0 heterocycles. The van der Waals surface area contributed by atoms with Gasteiger partial charge in [-0.05, 0) is 194 Å². The van der Waals surface area contributed by atoms with Gasteiger partial charge in [0.2, 0.25) is 18.1 Å². The summed E-state index contributed by atoms with van der Waals surface area (Å²) in [5.74, 6) is 2.07. The van der Waals surface area contributed by atoms with Crippen molar-refractivity contribution in [3.63, 3.8) is 0 Å². The first-order valence-corrected chi connectivity index (χ1v) is 37.5. The lowest BCUT2D eigenvalue weighted by Gasteiger charge is -2.25. The van der Waals surface area contributed by atoms with Gasteiger partial charge in [-0.1, -0.05) is 159 Å². The lowest BCUT2D eigenvalue weighted by atomic mass is 9.90. The predicted octanol–water partition coefficient (Wildman–Crippen LogP) is 19.6. The molecule has 0 saturated heterocycles. The normalized spacial score (nSPS) is 12.4. The van der Waals surface area contributed by atoms with E-state index in [1.54, 1.807) is 27.7 Å². The summed E-state index contributed by atoms with van der Waals surface area (Å²) in [5, 5.41) is 15.2. The molecule has 0 atom stereocenters. The third-order valence-corrected chi connectivity index (χ3v) is 13.2. The van der Waals surface area contributed by atoms with Gasteiger partial charge in [0.1, 0.15) is 6.10 Å². The van der Waals surface area contributed by atoms with E-state index in [0.29, 0.717) is 73.5 Å². The molecule has 0 saturated carbocycles. The van der Waals surface area contributed by atoms with Gasteiger partial charge in [-0.2, -0.15) is 11.8 Å². The van der Waals surface area contributed by atoms with Crippen LogP contribution in [0.25, 0.3) is 0 Å². The minimum absolute atomic E-state index is 0.0197. The number of aliphatic hydroxyl groups is 1. The van der Waals surface area contributed by atoms with Crippen molar-refractivity contribution < 1.29 is 67.0 Å². The summed E-state index contributed by atoms with van der Waals surface area (Å²) in [6.07, 6.45) is 10.4. The first kappa shape index (κ1) is 107. The second-order valence-electron chi connectivity index (χ2n) is 36.5. The van der Waals surface area contributed by atoms with E-state index in [9.17, 15) is 29.1 Å². The van der Waals surface area contributed by atoms with E-state index in [4.69, 9.17) is 37.9 Å². The van der Waals surface area contributed by atoms with Gasteiger partial charge >= 0.3 is 17.9 Å². The summed E-state index contributed by atoms with van der Waals surface area (Å²) in [6, 6.07) is 0. The minimum atomic E-state index is -0.806. The van der Waals surface area contributed by atoms with Crippen molar-refractivity contribution in [2.45, 2.75) is 368 Å². The SMILES string of the molecule is CC(C)(C)CCCOCCCC(C)(C)C.CC(C)(C)CCCSCCCC(C)(C)C.CC(C)(C)OCC(O)COC(C)(C)C.CC(C)(C)OCCCNC(=O)C(C)(C)C.CC(C)C(=O)NCCOC(C)(C)C.CC(C)CC(=O)OC(C)C.CC(OC(=O)C(C)C)OC(=O)C(C)C. The molecule has 2 amide bonds. The zero-order valence-electron chi connectivity index (χ0n) is 70.3. The Kier molecular flexibility index (Phi) is 61.4. The highest BCUT2D eigenvalue weighted by Crippen LogP contribution is 2.25. The Balaban J connectivity index is -0.000000193. The van der Waals surface area contributed by atoms with Crippen molar-refractivity contribution in [1.82, 2.24) is 10.6 Å². The van der Waals surface area contributed by atoms with Crippen LogP contribution in [0.15, 0.2) is 0 Å². The van der Waals surface area contributed by atoms with Crippen LogP contribution in [-0.2, 0) is 61.9 Å². The van der Waals surface area contributed by atoms with Gasteiger partial charge in [-0.3, -0.25) is 24.0 Å². The molecule has 0 aliphatic rings. The number of carbonyl (C=O) groups excluding carboxylic acids is 5. The number of thioether (sulfide) groups is 1. The van der Waals surface area contributed by atoms with Crippen molar-refractivity contribution >= 4 is 41.5 Å². The van der Waals surface area contributed by atoms with Gasteiger partial charge in [-0.15, -0.1) is 0 Å². The molecule has 0 aromatic carbocycles. The molecular weight excluding hydrogens is 1230 g/mol. The number of amides is 2. The Morgan fingerprint density at radius 1 is 0.396 bits per heavy atom. The average Bonchev–Trinajstić information content (AvgIpc) is 1.02. The Morgan fingerprint density at radius 2 is 0.740 bits per heavy atom. The lowest BCUT2D eigenvalue weighted by Crippen LogP contribution is -2.35. The summed E-state index contributed by atoms with van der Waals surface area (Å²) in [4.78, 5) is 55.6. The van der Waals surface area contributed by atoms with Crippen LogP contribution in [0.4, 0.5) is 0 Å². The van der Waals surface area contributed by atoms with E-state index in [1.165, 1.54) is 69.8 Å². The summed E-state index contributed by atoms with van der Waals surface area (Å²) < 4.78 is 42.1. The summed E-state index contributed by atoms with van der Waals surface area (Å²) >= 11 is 2.13. The average molecular weight is 1400 g/mol. The molecule has 0 aliphatic carbocycles. The van der Waals surface area contributed by atoms with Crippen molar-refractivity contribution in [1.29, 1.82) is 0 Å². The molecular formula is C79H164N2O14S. The fourth-order valence-electron chi connectivity index (χ4n) is 6.68. The monoisotopic (exact) mass is 1400 g/mol. The van der Waals surface area contributed by atoms with Gasteiger partial charge < -0.3 is 53.6 Å². The molecule has 0 aromatic heterocycles. The molecule has 0 rings (SSSR count). The van der Waals surface area contributed by atoms with E-state index in [1.807, 2.05) is 145 Å². The van der Waals surface area contributed by atoms with E-state index >= 15 is 0 Å². The zero-order valence-corrected chi connectivity index (χ0v) is 71.2. The zero-order chi connectivity index (χ0) is 77.3. The number of aliphatic hydroxyl groups excluding tert-OH is 1. The number of esters is 3. The standard InChI is InChI=1S/C14H30O.C14H30S.C12H25NO2.C11H24O3.C10H21NO2.C10H18O4.C8H16O2/c2*1-13(2,3)9-7-11-15-12-8-10-14(4,5)6;1-11(2,3)10(14)13-8-7-9-15-12(4,5)6;1-10(2,3)13-7-9(12)8-14-11(4,5)6;1-8(2)9(12)11-6-7-13-10(3,4)5;1-6(2)9(11)13-8(5)14-10(12)7(3)4;1-6(2)5-8(9)10-7(3)4/h2*7-12H2,1-6H3;7-9H2,1-6H3,(H,13,14);9,12H,7-8H2,1-6H3;8H,6-7H2,1-5H3,(H,11,12);6-8H,1-5H3;6-7H,5H2,1-4H3. The maximum absolute atomic E-state index is 11.5. The number of nitrogens with one attached hydrogen (secondary N) is 2. The molecule has 580 valence electrons. The third kappa shape index (κ3) is 105. The molecule has 0 spiro atoms. The van der Waals surface area contributed by atoms with Gasteiger partial charge in [0.25, 0.3) is 0 Å². The largest absolute Gasteiger partial charge is 0.463 e. The molecule has 96 heavy (non-hydrogen) atoms. The molecule has 3 N–H and O–H groups in total. The number of ether oxygens (including phenoxy) is 8. The fraction of sp³-hybridized carbons (Fsp3) is 0.937. The molecule has 0 aromatic rings. The van der Waals surface area contributed by atoms with Crippen LogP contribution in [0.1, 0.15) is 327 Å². The van der Waals surface area contributed by atoms with Crippen LogP contribution in [-0.4, -0.2) is 140 Å². The first-order chi connectivity index (χ1) is 42.8. The number of rotatable bonds is 31. The number of carbonyl (C=O) groups is 5. The molecule has 0 fully saturated rings. The molecule has 0 radical (unpaired) electrons. The number of hydrogen-bond acceptors (Lipinski definition) is 15. The van der Waals surface area contributed by atoms with Gasteiger partial charge in [0.15, 0.2) is 0 Å². The minimum Gasteiger partial charge on any atom is -0.463 e. The molecule has 0 unspecified atom stereocenters. The summed E-state index contributed by atoms with van der Waals surface area (Å²) in [7, 11) is 0. The highest BCUT2D eigenvalue weighted by atomic mass is 32.2. The highest BCUT2D eigenvalue weighted by Gasteiger charge is 2.22. The Bertz CT molecular complexity index is 1770. The Morgan fingerprint density at radius 3 is 1.03 bits per heavy atom. The Labute approximate surface area is 599 Å². The molecule has 0 aliphatic heterocycles. The van der Waals surface area contributed by atoms with Crippen LogP contribution in [0.5, 0.6) is 0 Å². The van der Waals surface area contributed by atoms with Crippen molar-refractivity contribution in [2.75, 3.05) is 64.2 Å². The Hall–Kier alpha value is -2.54. The topological polar surface area (TPSA) is 203 Å². The maximum Gasteiger partial charge on any atom is 0.311 e. The van der Waals surface area contributed by atoms with Gasteiger partial charge in [0, 0.05) is 57.6 Å². The second kappa shape index (κ2) is 55.1. The quantitative estimate of drug-likeness (QED) is 0.0336. The smallest absolute Gasteiger partial charge is 0.311 e. The maximum atomic E-state index is 11.5. The van der Waals surface area contributed by atoms with E-state index in [0.717, 1.165) is 19.6 Å². The molecule has 17 heteroatoms. The van der Waals surface area contributed by atoms with Crippen molar-refractivity contribution in [3.05, 3.63) is 0 Å². The van der Waals surface area contributed by atoms with Gasteiger partial charge in [-0.25, -0.2) is 0 Å². The lowest BCUT2D eigenvalue weighted by molar-refractivity contribution is -0.189. The van der Waals surface area contributed by atoms with Crippen LogP contribution in [0.2, 0.25) is 0 Å². The number of hydrogen-bond donors (Lipinski definition) is 3. The highest BCUT2D eigenvalue weighted by molar-refractivity contribution is 7.99. The summed E-state index contributed by atoms with van der Waals surface area (Å²) in [6.45, 7) is 82.2. The van der Waals surface area contributed by atoms with Crippen LogP contribution in [0, 0.1) is 50.7 Å². The predicted molar refractivity (Wildman–Crippen MR) is 409 cm³/mol. The molecule has 16 nitrogen and oxygen atoms in total. The van der Waals surface area contributed by atoms with E-state index < -0.39 is 12.4 Å². The van der Waals surface area contributed by atoms with Crippen molar-refractivity contribution in [3.8, 4) is 0 Å². The third-order valence-electron chi connectivity index (χ3n) is 12.0. The second-order valence-corrected chi connectivity index (χ2v) is 37.7. The first-order valence-electron chi connectivity index (χ1n) is 36.4. The van der Waals surface area contributed by atoms with Crippen LogP contribution >= 0.6 is 11.8 Å². The fourth-order valence-corrected chi connectivity index (χ4v) is 7.58. The van der Waals surface area contributed by atoms with E-state index in [2.05, 4.69) is 105 Å². The van der Waals surface area contributed by atoms with Gasteiger partial charge in [0.05, 0.1) is 60.2 Å². The van der Waals surface area contributed by atoms with E-state index in [-0.39, 0.29) is 81.4 Å². The van der Waals surface area contributed by atoms with Crippen LogP contribution in [0.3, 0.4) is 0 Å². The van der Waals surface area contributed by atoms with Crippen LogP contribution < -0.4 is 10.6 Å². The summed E-state index contributed by atoms with van der Waals surface area (Å²) in [5.41, 5.74) is 1.02. The van der Waals surface area contributed by atoms with Crippen molar-refractivity contribution in [2.24, 2.45) is 50.7 Å². The molecule has 0 bridgehead atoms.